The minimum atomic E-state index is -1.56. The number of phenols is 1. The standard InChI is InChI=1S/C25H21NO4/c1-25(23(28)18-10-12-19(27)13-11-18,21-8-5-9-22-20(21)14-15-26-22)24(29)30-16-17-6-3-2-4-7-17/h2-15,26-27H,16H2,1H3. The zero-order valence-corrected chi connectivity index (χ0v) is 16.5. The highest BCUT2D eigenvalue weighted by atomic mass is 16.5. The molecule has 3 aromatic carbocycles. The molecule has 0 saturated heterocycles. The third-order valence-corrected chi connectivity index (χ3v) is 5.34. The van der Waals surface area contributed by atoms with Crippen molar-refractivity contribution in [2.75, 3.05) is 0 Å². The third kappa shape index (κ3) is 3.46. The van der Waals surface area contributed by atoms with Gasteiger partial charge in [-0.25, -0.2) is 0 Å². The second-order valence-corrected chi connectivity index (χ2v) is 7.31. The van der Waals surface area contributed by atoms with Gasteiger partial charge in [-0.1, -0.05) is 42.5 Å². The molecule has 1 heterocycles. The average Bonchev–Trinajstić information content (AvgIpc) is 3.26. The van der Waals surface area contributed by atoms with Crippen molar-refractivity contribution < 1.29 is 19.4 Å². The number of benzene rings is 3. The van der Waals surface area contributed by atoms with Crippen LogP contribution in [0.25, 0.3) is 10.9 Å². The predicted octanol–water partition coefficient (Wildman–Crippen LogP) is 4.76. The first-order valence-electron chi connectivity index (χ1n) is 9.61. The lowest BCUT2D eigenvalue weighted by molar-refractivity contribution is -0.149. The highest BCUT2D eigenvalue weighted by molar-refractivity contribution is 6.18. The first-order chi connectivity index (χ1) is 14.5. The van der Waals surface area contributed by atoms with Gasteiger partial charge >= 0.3 is 5.97 Å². The Balaban J connectivity index is 1.77. The van der Waals surface area contributed by atoms with E-state index in [0.717, 1.165) is 16.5 Å². The molecule has 1 aromatic heterocycles. The summed E-state index contributed by atoms with van der Waals surface area (Å²) in [5, 5.41) is 10.4. The normalized spacial score (nSPS) is 13.0. The summed E-state index contributed by atoms with van der Waals surface area (Å²) in [6.07, 6.45) is 1.77. The van der Waals surface area contributed by atoms with Crippen LogP contribution in [0.4, 0.5) is 0 Å². The second kappa shape index (κ2) is 7.87. The molecule has 1 unspecified atom stereocenters. The fourth-order valence-electron chi connectivity index (χ4n) is 3.62. The van der Waals surface area contributed by atoms with E-state index in [1.165, 1.54) is 24.3 Å². The van der Waals surface area contributed by atoms with E-state index < -0.39 is 17.2 Å². The number of aromatic hydroxyl groups is 1. The summed E-state index contributed by atoms with van der Waals surface area (Å²) in [5.41, 5.74) is 0.989. The molecule has 5 nitrogen and oxygen atoms in total. The smallest absolute Gasteiger partial charge is 0.324 e. The molecule has 1 atom stereocenters. The van der Waals surface area contributed by atoms with Gasteiger partial charge in [-0.15, -0.1) is 0 Å². The van der Waals surface area contributed by atoms with E-state index in [1.54, 1.807) is 25.3 Å². The summed E-state index contributed by atoms with van der Waals surface area (Å²) in [4.78, 5) is 30.1. The number of aromatic amines is 1. The number of Topliss-reactive ketones (excluding diaryl/α,β-unsaturated/α-hetero) is 1. The summed E-state index contributed by atoms with van der Waals surface area (Å²) in [6, 6.07) is 22.5. The zero-order valence-electron chi connectivity index (χ0n) is 16.5. The number of hydrogen-bond acceptors (Lipinski definition) is 4. The summed E-state index contributed by atoms with van der Waals surface area (Å²) < 4.78 is 5.62. The van der Waals surface area contributed by atoms with Gasteiger partial charge in [0.25, 0.3) is 0 Å². The van der Waals surface area contributed by atoms with E-state index >= 15 is 0 Å². The quantitative estimate of drug-likeness (QED) is 0.278. The van der Waals surface area contributed by atoms with Gasteiger partial charge in [0.05, 0.1) is 0 Å². The molecule has 5 heteroatoms. The fourth-order valence-corrected chi connectivity index (χ4v) is 3.62. The number of carbonyl (C=O) groups excluding carboxylic acids is 2. The number of ketones is 1. The van der Waals surface area contributed by atoms with Crippen molar-refractivity contribution in [3.05, 3.63) is 102 Å². The molecule has 0 aliphatic heterocycles. The number of rotatable bonds is 6. The Hall–Kier alpha value is -3.86. The van der Waals surface area contributed by atoms with Gasteiger partial charge in [-0.3, -0.25) is 9.59 Å². The van der Waals surface area contributed by atoms with Crippen LogP contribution in [-0.4, -0.2) is 21.8 Å². The highest BCUT2D eigenvalue weighted by Crippen LogP contribution is 2.35. The molecule has 0 bridgehead atoms. The molecular weight excluding hydrogens is 378 g/mol. The van der Waals surface area contributed by atoms with Crippen molar-refractivity contribution in [3.8, 4) is 5.75 Å². The van der Waals surface area contributed by atoms with Crippen molar-refractivity contribution >= 4 is 22.7 Å². The van der Waals surface area contributed by atoms with E-state index in [2.05, 4.69) is 4.98 Å². The topological polar surface area (TPSA) is 79.4 Å². The van der Waals surface area contributed by atoms with Crippen LogP contribution in [0.5, 0.6) is 5.75 Å². The Morgan fingerprint density at radius 2 is 1.67 bits per heavy atom. The van der Waals surface area contributed by atoms with Crippen molar-refractivity contribution in [2.24, 2.45) is 0 Å². The third-order valence-electron chi connectivity index (χ3n) is 5.34. The molecule has 0 amide bonds. The van der Waals surface area contributed by atoms with Crippen LogP contribution >= 0.6 is 0 Å². The number of esters is 1. The Bertz CT molecular complexity index is 1190. The maximum absolute atomic E-state index is 13.6. The first kappa shape index (κ1) is 19.5. The molecule has 0 fully saturated rings. The maximum Gasteiger partial charge on any atom is 0.324 e. The van der Waals surface area contributed by atoms with Gasteiger partial charge in [0.1, 0.15) is 12.4 Å². The van der Waals surface area contributed by atoms with E-state index in [4.69, 9.17) is 4.74 Å². The minimum absolute atomic E-state index is 0.0487. The maximum atomic E-state index is 13.6. The average molecular weight is 399 g/mol. The molecule has 2 N–H and O–H groups in total. The lowest BCUT2D eigenvalue weighted by Gasteiger charge is -2.27. The Morgan fingerprint density at radius 3 is 2.40 bits per heavy atom. The largest absolute Gasteiger partial charge is 0.508 e. The summed E-state index contributed by atoms with van der Waals surface area (Å²) in [5.74, 6) is -0.972. The predicted molar refractivity (Wildman–Crippen MR) is 114 cm³/mol. The molecular formula is C25H21NO4. The minimum Gasteiger partial charge on any atom is -0.508 e. The molecule has 4 aromatic rings. The number of phenolic OH excluding ortho intramolecular Hbond substituents is 1. The van der Waals surface area contributed by atoms with Gasteiger partial charge in [-0.2, -0.15) is 0 Å². The number of carbonyl (C=O) groups is 2. The van der Waals surface area contributed by atoms with Crippen LogP contribution in [-0.2, 0) is 21.6 Å². The Kier molecular flexibility index (Phi) is 5.11. The first-order valence-corrected chi connectivity index (χ1v) is 9.61. The fraction of sp³-hybridized carbons (Fsp3) is 0.120. The van der Waals surface area contributed by atoms with Gasteiger partial charge < -0.3 is 14.8 Å². The van der Waals surface area contributed by atoms with Crippen LogP contribution in [0, 0.1) is 0 Å². The van der Waals surface area contributed by atoms with Crippen molar-refractivity contribution in [2.45, 2.75) is 18.9 Å². The van der Waals surface area contributed by atoms with Crippen molar-refractivity contribution in [3.63, 3.8) is 0 Å². The molecule has 0 radical (unpaired) electrons. The van der Waals surface area contributed by atoms with Crippen LogP contribution in [0.15, 0.2) is 85.1 Å². The lowest BCUT2D eigenvalue weighted by atomic mass is 9.75. The van der Waals surface area contributed by atoms with Crippen LogP contribution in [0.3, 0.4) is 0 Å². The van der Waals surface area contributed by atoms with Crippen LogP contribution in [0.2, 0.25) is 0 Å². The summed E-state index contributed by atoms with van der Waals surface area (Å²) in [6.45, 7) is 1.67. The monoisotopic (exact) mass is 399 g/mol. The van der Waals surface area contributed by atoms with Gasteiger partial charge in [0.2, 0.25) is 0 Å². The number of ether oxygens (including phenoxy) is 1. The molecule has 0 spiro atoms. The van der Waals surface area contributed by atoms with E-state index in [9.17, 15) is 14.7 Å². The SMILES string of the molecule is CC(C(=O)OCc1ccccc1)(C(=O)c1ccc(O)cc1)c1cccc2[nH]ccc12. The molecule has 150 valence electrons. The van der Waals surface area contributed by atoms with Gasteiger partial charge in [-0.05, 0) is 54.4 Å². The van der Waals surface area contributed by atoms with E-state index in [-0.39, 0.29) is 12.4 Å². The van der Waals surface area contributed by atoms with Gasteiger partial charge in [0, 0.05) is 22.7 Å². The lowest BCUT2D eigenvalue weighted by Crippen LogP contribution is -2.42. The van der Waals surface area contributed by atoms with Crippen LogP contribution < -0.4 is 0 Å². The number of H-pyrrole nitrogens is 1. The Labute approximate surface area is 173 Å². The van der Waals surface area contributed by atoms with Crippen molar-refractivity contribution in [1.29, 1.82) is 0 Å². The second-order valence-electron chi connectivity index (χ2n) is 7.31. The molecule has 0 saturated carbocycles. The highest BCUT2D eigenvalue weighted by Gasteiger charge is 2.45. The van der Waals surface area contributed by atoms with E-state index in [1.807, 2.05) is 42.5 Å². The molecule has 30 heavy (non-hydrogen) atoms. The molecule has 0 aliphatic rings. The van der Waals surface area contributed by atoms with E-state index in [0.29, 0.717) is 11.1 Å². The zero-order chi connectivity index (χ0) is 21.1. The number of fused-ring (bicyclic) bond motifs is 1. The number of aromatic nitrogens is 1. The summed E-state index contributed by atoms with van der Waals surface area (Å²) in [7, 11) is 0. The van der Waals surface area contributed by atoms with Crippen molar-refractivity contribution in [1.82, 2.24) is 4.98 Å². The molecule has 4 rings (SSSR count). The van der Waals surface area contributed by atoms with Crippen LogP contribution in [0.1, 0.15) is 28.4 Å². The number of nitrogens with one attached hydrogen (secondary N) is 1. The Morgan fingerprint density at radius 1 is 0.933 bits per heavy atom. The van der Waals surface area contributed by atoms with Gasteiger partial charge in [0.15, 0.2) is 11.2 Å². The molecule has 0 aliphatic carbocycles. The number of hydrogen-bond donors (Lipinski definition) is 2. The summed E-state index contributed by atoms with van der Waals surface area (Å²) >= 11 is 0.